The zero-order chi connectivity index (χ0) is 10.3. The molecule has 5 nitrogen and oxygen atoms in total. The van der Waals surface area contributed by atoms with Crippen molar-refractivity contribution < 1.29 is 4.74 Å². The van der Waals surface area contributed by atoms with Gasteiger partial charge in [0.1, 0.15) is 22.7 Å². The molecule has 0 aliphatic carbocycles. The summed E-state index contributed by atoms with van der Waals surface area (Å²) >= 11 is 3.35. The number of hydrogen-bond donors (Lipinski definition) is 0. The molecule has 78 valence electrons. The smallest absolute Gasteiger partial charge is 0.166 e. The van der Waals surface area contributed by atoms with E-state index in [4.69, 9.17) is 4.74 Å². The lowest BCUT2D eigenvalue weighted by Crippen LogP contribution is -2.06. The van der Waals surface area contributed by atoms with Crippen LogP contribution in [0.25, 0.3) is 11.2 Å². The monoisotopic (exact) mass is 268 g/mol. The van der Waals surface area contributed by atoms with E-state index in [2.05, 4.69) is 30.9 Å². The summed E-state index contributed by atoms with van der Waals surface area (Å²) in [6, 6.07) is 0. The van der Waals surface area contributed by atoms with Crippen molar-refractivity contribution in [1.82, 2.24) is 19.5 Å². The molecule has 6 heteroatoms. The van der Waals surface area contributed by atoms with E-state index in [1.54, 1.807) is 6.33 Å². The molecule has 0 radical (unpaired) electrons. The number of nitrogens with zero attached hydrogens (tertiary/aromatic N) is 4. The number of fused-ring (bicyclic) bond motifs is 1. The highest BCUT2D eigenvalue weighted by Gasteiger charge is 2.20. The van der Waals surface area contributed by atoms with E-state index in [-0.39, 0.29) is 6.23 Å². The zero-order valence-electron chi connectivity index (χ0n) is 7.93. The van der Waals surface area contributed by atoms with Crippen LogP contribution in [0.5, 0.6) is 0 Å². The zero-order valence-corrected chi connectivity index (χ0v) is 9.51. The van der Waals surface area contributed by atoms with E-state index in [0.717, 1.165) is 35.2 Å². The Kier molecular flexibility index (Phi) is 2.17. The predicted octanol–water partition coefficient (Wildman–Crippen LogP) is 1.90. The van der Waals surface area contributed by atoms with Crippen LogP contribution in [0.15, 0.2) is 17.3 Å². The highest BCUT2D eigenvalue weighted by atomic mass is 79.9. The Morgan fingerprint density at radius 3 is 3.13 bits per heavy atom. The van der Waals surface area contributed by atoms with Crippen molar-refractivity contribution in [2.75, 3.05) is 6.61 Å². The summed E-state index contributed by atoms with van der Waals surface area (Å²) in [6.45, 7) is 0.816. The molecule has 2 aromatic rings. The Morgan fingerprint density at radius 2 is 2.33 bits per heavy atom. The molecule has 0 aromatic carbocycles. The third-order valence-electron chi connectivity index (χ3n) is 2.53. The summed E-state index contributed by atoms with van der Waals surface area (Å²) in [5.41, 5.74) is 1.61. The summed E-state index contributed by atoms with van der Waals surface area (Å²) in [5, 5.41) is 0. The highest BCUT2D eigenvalue weighted by molar-refractivity contribution is 9.10. The molecule has 1 aliphatic rings. The van der Waals surface area contributed by atoms with E-state index in [1.165, 1.54) is 6.33 Å². The number of hydrogen-bond acceptors (Lipinski definition) is 4. The molecule has 1 fully saturated rings. The van der Waals surface area contributed by atoms with E-state index < -0.39 is 0 Å². The van der Waals surface area contributed by atoms with Crippen LogP contribution in [0.3, 0.4) is 0 Å². The molecule has 1 unspecified atom stereocenters. The molecule has 0 saturated carbocycles. The summed E-state index contributed by atoms with van der Waals surface area (Å²) in [5.74, 6) is 0. The van der Waals surface area contributed by atoms with E-state index in [9.17, 15) is 0 Å². The van der Waals surface area contributed by atoms with E-state index >= 15 is 0 Å². The minimum atomic E-state index is 0.0804. The molecule has 0 amide bonds. The van der Waals surface area contributed by atoms with Gasteiger partial charge in [-0.05, 0) is 28.8 Å². The third-order valence-corrected chi connectivity index (χ3v) is 3.11. The number of aromatic nitrogens is 4. The number of ether oxygens (including phenoxy) is 1. The maximum Gasteiger partial charge on any atom is 0.166 e. The molecule has 3 heterocycles. The Bertz CT molecular complexity index is 492. The fraction of sp³-hybridized carbons (Fsp3) is 0.444. The molecule has 3 rings (SSSR count). The second-order valence-corrected chi connectivity index (χ2v) is 4.21. The summed E-state index contributed by atoms with van der Waals surface area (Å²) in [4.78, 5) is 12.5. The van der Waals surface area contributed by atoms with Crippen LogP contribution in [0.1, 0.15) is 19.1 Å². The van der Waals surface area contributed by atoms with Crippen LogP contribution in [-0.2, 0) is 4.74 Å². The van der Waals surface area contributed by atoms with Gasteiger partial charge in [0.05, 0.1) is 6.33 Å². The van der Waals surface area contributed by atoms with Crippen LogP contribution in [-0.4, -0.2) is 26.1 Å². The standard InChI is InChI=1S/C9H9BrN4O/c10-8-7-9(12-4-11-8)14(5-13-7)6-2-1-3-15-6/h4-6H,1-3H2. The van der Waals surface area contributed by atoms with Gasteiger partial charge in [-0.2, -0.15) is 0 Å². The quantitative estimate of drug-likeness (QED) is 0.742. The second kappa shape index (κ2) is 3.53. The SMILES string of the molecule is Brc1ncnc2c1ncn2C1CCCO1. The van der Waals surface area contributed by atoms with Crippen LogP contribution in [0.2, 0.25) is 0 Å². The lowest BCUT2D eigenvalue weighted by atomic mass is 10.3. The predicted molar refractivity (Wildman–Crippen MR) is 57.2 cm³/mol. The fourth-order valence-corrected chi connectivity index (χ4v) is 2.19. The van der Waals surface area contributed by atoms with E-state index in [1.807, 2.05) is 4.57 Å². The highest BCUT2D eigenvalue weighted by Crippen LogP contribution is 2.27. The van der Waals surface area contributed by atoms with Gasteiger partial charge in [0, 0.05) is 6.61 Å². The Hall–Kier alpha value is -1.01. The topological polar surface area (TPSA) is 52.8 Å². The summed E-state index contributed by atoms with van der Waals surface area (Å²) in [7, 11) is 0. The number of imidazole rings is 1. The number of rotatable bonds is 1. The molecular formula is C9H9BrN4O. The minimum absolute atomic E-state index is 0.0804. The lowest BCUT2D eigenvalue weighted by molar-refractivity contribution is 0.0593. The van der Waals surface area contributed by atoms with Gasteiger partial charge in [-0.25, -0.2) is 15.0 Å². The Balaban J connectivity index is 2.15. The van der Waals surface area contributed by atoms with E-state index in [0.29, 0.717) is 0 Å². The first-order chi connectivity index (χ1) is 7.36. The van der Waals surface area contributed by atoms with Crippen molar-refractivity contribution in [2.45, 2.75) is 19.1 Å². The molecule has 1 aliphatic heterocycles. The van der Waals surface area contributed by atoms with Gasteiger partial charge in [0.25, 0.3) is 0 Å². The van der Waals surface area contributed by atoms with Gasteiger partial charge in [-0.1, -0.05) is 0 Å². The first-order valence-corrected chi connectivity index (χ1v) is 5.60. The normalized spacial score (nSPS) is 21.3. The van der Waals surface area contributed by atoms with Crippen molar-refractivity contribution in [1.29, 1.82) is 0 Å². The van der Waals surface area contributed by atoms with Crippen molar-refractivity contribution >= 4 is 27.1 Å². The fourth-order valence-electron chi connectivity index (χ4n) is 1.81. The molecule has 15 heavy (non-hydrogen) atoms. The molecule has 2 aromatic heterocycles. The van der Waals surface area contributed by atoms with Gasteiger partial charge in [-0.15, -0.1) is 0 Å². The first kappa shape index (κ1) is 9.23. The average molecular weight is 269 g/mol. The molecule has 0 N–H and O–H groups in total. The Labute approximate surface area is 94.6 Å². The molecule has 1 atom stereocenters. The second-order valence-electron chi connectivity index (χ2n) is 3.46. The van der Waals surface area contributed by atoms with Crippen molar-refractivity contribution in [2.24, 2.45) is 0 Å². The summed E-state index contributed by atoms with van der Waals surface area (Å²) < 4.78 is 8.29. The Morgan fingerprint density at radius 1 is 1.40 bits per heavy atom. The van der Waals surface area contributed by atoms with Crippen LogP contribution < -0.4 is 0 Å². The van der Waals surface area contributed by atoms with Crippen molar-refractivity contribution in [3.8, 4) is 0 Å². The molecular weight excluding hydrogens is 260 g/mol. The average Bonchev–Trinajstić information content (AvgIpc) is 2.85. The molecule has 0 spiro atoms. The van der Waals surface area contributed by atoms with Gasteiger partial charge < -0.3 is 4.74 Å². The first-order valence-electron chi connectivity index (χ1n) is 4.81. The van der Waals surface area contributed by atoms with Gasteiger partial charge >= 0.3 is 0 Å². The largest absolute Gasteiger partial charge is 0.358 e. The van der Waals surface area contributed by atoms with Crippen LogP contribution in [0, 0.1) is 0 Å². The molecule has 1 saturated heterocycles. The maximum absolute atomic E-state index is 5.59. The maximum atomic E-state index is 5.59. The molecule has 0 bridgehead atoms. The van der Waals surface area contributed by atoms with Crippen molar-refractivity contribution in [3.05, 3.63) is 17.3 Å². The number of halogens is 1. The van der Waals surface area contributed by atoms with Crippen molar-refractivity contribution in [3.63, 3.8) is 0 Å². The minimum Gasteiger partial charge on any atom is -0.358 e. The van der Waals surface area contributed by atoms with Crippen LogP contribution in [0.4, 0.5) is 0 Å². The van der Waals surface area contributed by atoms with Gasteiger partial charge in [0.2, 0.25) is 0 Å². The van der Waals surface area contributed by atoms with Gasteiger partial charge in [0.15, 0.2) is 5.65 Å². The van der Waals surface area contributed by atoms with Gasteiger partial charge in [-0.3, -0.25) is 4.57 Å². The summed E-state index contributed by atoms with van der Waals surface area (Å²) in [6.07, 6.45) is 5.49. The lowest BCUT2D eigenvalue weighted by Gasteiger charge is -2.10. The van der Waals surface area contributed by atoms with Crippen LogP contribution >= 0.6 is 15.9 Å². The third kappa shape index (κ3) is 1.44.